The van der Waals surface area contributed by atoms with Crippen molar-refractivity contribution >= 4 is 21.8 Å². The number of carbonyl (C=O) groups excluding carboxylic acids is 2. The first-order valence-corrected chi connectivity index (χ1v) is 16.5. The summed E-state index contributed by atoms with van der Waals surface area (Å²) in [6, 6.07) is 23.2. The third kappa shape index (κ3) is 11.2. The number of aliphatic hydroxyl groups is 1. The molecule has 0 heterocycles. The zero-order valence-electron chi connectivity index (χ0n) is 25.1. The predicted molar refractivity (Wildman–Crippen MR) is 171 cm³/mol. The fourth-order valence-corrected chi connectivity index (χ4v) is 6.16. The lowest BCUT2D eigenvalue weighted by Crippen LogP contribution is -2.42. The van der Waals surface area contributed by atoms with E-state index in [1.54, 1.807) is 12.1 Å². The molecular formula is C33H44N4O5S. The fraction of sp³-hybridized carbons (Fsp3) is 0.394. The maximum atomic E-state index is 13.7. The zero-order chi connectivity index (χ0) is 31.1. The van der Waals surface area contributed by atoms with Crippen LogP contribution in [0.4, 0.5) is 4.79 Å². The summed E-state index contributed by atoms with van der Waals surface area (Å²) in [6.07, 6.45) is 1.39. The highest BCUT2D eigenvalue weighted by Gasteiger charge is 2.25. The molecule has 0 spiro atoms. The van der Waals surface area contributed by atoms with Crippen LogP contribution in [0.15, 0.2) is 78.9 Å². The highest BCUT2D eigenvalue weighted by Crippen LogP contribution is 2.25. The van der Waals surface area contributed by atoms with Gasteiger partial charge in [0.05, 0.1) is 18.4 Å². The van der Waals surface area contributed by atoms with Gasteiger partial charge in [-0.3, -0.25) is 4.79 Å². The van der Waals surface area contributed by atoms with E-state index in [9.17, 15) is 18.0 Å². The van der Waals surface area contributed by atoms with Crippen LogP contribution in [0, 0.1) is 0 Å². The molecular weight excluding hydrogens is 564 g/mol. The topological polar surface area (TPSA) is 128 Å². The first kappa shape index (κ1) is 33.9. The van der Waals surface area contributed by atoms with Crippen LogP contribution >= 0.6 is 0 Å². The van der Waals surface area contributed by atoms with Gasteiger partial charge in [-0.1, -0.05) is 92.7 Å². The highest BCUT2D eigenvalue weighted by molar-refractivity contribution is 7.89. The van der Waals surface area contributed by atoms with Crippen LogP contribution in [0.2, 0.25) is 0 Å². The van der Waals surface area contributed by atoms with Crippen molar-refractivity contribution in [1.82, 2.24) is 20.3 Å². The summed E-state index contributed by atoms with van der Waals surface area (Å²) in [5.41, 5.74) is 4.11. The Bertz CT molecular complexity index is 1390. The minimum absolute atomic E-state index is 0.0413. The lowest BCUT2D eigenvalue weighted by atomic mass is 9.95. The maximum Gasteiger partial charge on any atom is 0.315 e. The molecule has 232 valence electrons. The van der Waals surface area contributed by atoms with Crippen LogP contribution in [0.1, 0.15) is 48.2 Å². The number of benzene rings is 3. The number of hydrogen-bond acceptors (Lipinski definition) is 6. The van der Waals surface area contributed by atoms with Crippen LogP contribution in [-0.4, -0.2) is 74.8 Å². The van der Waals surface area contributed by atoms with Gasteiger partial charge in [-0.05, 0) is 61.2 Å². The van der Waals surface area contributed by atoms with E-state index in [1.165, 1.54) is 0 Å². The van der Waals surface area contributed by atoms with Crippen LogP contribution in [0.3, 0.4) is 0 Å². The molecule has 3 rings (SSSR count). The number of ketones is 1. The van der Waals surface area contributed by atoms with Gasteiger partial charge in [-0.25, -0.2) is 17.9 Å². The molecule has 3 aromatic rings. The van der Waals surface area contributed by atoms with Crippen molar-refractivity contribution < 1.29 is 23.1 Å². The van der Waals surface area contributed by atoms with Gasteiger partial charge >= 0.3 is 6.03 Å². The molecule has 43 heavy (non-hydrogen) atoms. The Kier molecular flexibility index (Phi) is 13.8. The van der Waals surface area contributed by atoms with Crippen LogP contribution < -0.4 is 15.4 Å². The molecule has 0 bridgehead atoms. The SMILES string of the molecule is CCN(CC)CCCS(=O)(=O)N[C@H](CCc1ccccc1)C(=O)c1ccc(-c2ccccc2CNC(=O)NCCO)cc1. The van der Waals surface area contributed by atoms with Gasteiger partial charge in [0.2, 0.25) is 10.0 Å². The summed E-state index contributed by atoms with van der Waals surface area (Å²) in [6.45, 7) is 6.82. The van der Waals surface area contributed by atoms with Crippen LogP contribution in [0.5, 0.6) is 0 Å². The van der Waals surface area contributed by atoms with Gasteiger partial charge in [0, 0.05) is 18.7 Å². The lowest BCUT2D eigenvalue weighted by molar-refractivity contribution is 0.0949. The van der Waals surface area contributed by atoms with Crippen molar-refractivity contribution in [2.45, 2.75) is 45.7 Å². The normalized spacial score (nSPS) is 12.2. The van der Waals surface area contributed by atoms with Gasteiger partial charge < -0.3 is 20.6 Å². The number of aryl methyl sites for hydroxylation is 1. The fourth-order valence-electron chi connectivity index (χ4n) is 4.87. The van der Waals surface area contributed by atoms with Crippen molar-refractivity contribution in [3.05, 3.63) is 95.6 Å². The molecule has 0 radical (unpaired) electrons. The Balaban J connectivity index is 1.75. The summed E-state index contributed by atoms with van der Waals surface area (Å²) in [4.78, 5) is 27.8. The number of rotatable bonds is 18. The van der Waals surface area contributed by atoms with Crippen molar-refractivity contribution in [3.8, 4) is 11.1 Å². The van der Waals surface area contributed by atoms with E-state index in [-0.39, 0.29) is 37.3 Å². The second-order valence-electron chi connectivity index (χ2n) is 10.3. The quantitative estimate of drug-likeness (QED) is 0.162. The van der Waals surface area contributed by atoms with E-state index in [1.807, 2.05) is 66.7 Å². The minimum atomic E-state index is -3.68. The predicted octanol–water partition coefficient (Wildman–Crippen LogP) is 3.98. The second-order valence-corrected chi connectivity index (χ2v) is 12.2. The third-order valence-corrected chi connectivity index (χ3v) is 8.79. The number of nitrogens with zero attached hydrogens (tertiary/aromatic N) is 1. The van der Waals surface area contributed by atoms with Gasteiger partial charge in [0.15, 0.2) is 5.78 Å². The number of sulfonamides is 1. The molecule has 1 atom stereocenters. The molecule has 0 aromatic heterocycles. The average Bonchev–Trinajstić information content (AvgIpc) is 3.03. The molecule has 0 aliphatic heterocycles. The highest BCUT2D eigenvalue weighted by atomic mass is 32.2. The van der Waals surface area contributed by atoms with Crippen molar-refractivity contribution in [3.63, 3.8) is 0 Å². The number of hydrogen-bond donors (Lipinski definition) is 4. The number of aliphatic hydroxyl groups excluding tert-OH is 1. The number of nitrogens with one attached hydrogen (secondary N) is 3. The number of amides is 2. The molecule has 0 fully saturated rings. The maximum absolute atomic E-state index is 13.7. The Labute approximate surface area is 255 Å². The monoisotopic (exact) mass is 608 g/mol. The molecule has 0 aliphatic rings. The molecule has 0 unspecified atom stereocenters. The van der Waals surface area contributed by atoms with Crippen molar-refractivity contribution in [2.24, 2.45) is 0 Å². The number of urea groups is 1. The van der Waals surface area contributed by atoms with Gasteiger partial charge in [-0.2, -0.15) is 0 Å². The van der Waals surface area contributed by atoms with Crippen molar-refractivity contribution in [1.29, 1.82) is 0 Å². The smallest absolute Gasteiger partial charge is 0.315 e. The average molecular weight is 609 g/mol. The van der Waals surface area contributed by atoms with E-state index >= 15 is 0 Å². The van der Waals surface area contributed by atoms with E-state index in [0.29, 0.717) is 31.4 Å². The summed E-state index contributed by atoms with van der Waals surface area (Å²) >= 11 is 0. The molecule has 10 heteroatoms. The Morgan fingerprint density at radius 1 is 0.884 bits per heavy atom. The van der Waals surface area contributed by atoms with Crippen LogP contribution in [-0.2, 0) is 23.0 Å². The molecule has 2 amide bonds. The van der Waals surface area contributed by atoms with Crippen molar-refractivity contribution in [2.75, 3.05) is 38.5 Å². The minimum Gasteiger partial charge on any atom is -0.395 e. The standard InChI is InChI=1S/C33H44N4O5S/c1-3-37(4-2)22-10-24-43(41,42)36-31(20-15-26-11-6-5-7-12-26)32(39)28-18-16-27(17-19-28)30-14-9-8-13-29(30)25-35-33(40)34-21-23-38/h5-9,11-14,16-19,31,36,38H,3-4,10,15,20-25H2,1-2H3,(H2,34,35,40)/t31-/m1/s1. The first-order valence-electron chi connectivity index (χ1n) is 14.9. The Morgan fingerprint density at radius 2 is 1.56 bits per heavy atom. The molecule has 9 nitrogen and oxygen atoms in total. The Hall–Kier alpha value is -3.57. The van der Waals surface area contributed by atoms with E-state index in [0.717, 1.165) is 35.3 Å². The summed E-state index contributed by atoms with van der Waals surface area (Å²) < 4.78 is 28.8. The van der Waals surface area contributed by atoms with Crippen LogP contribution in [0.25, 0.3) is 11.1 Å². The number of carbonyl (C=O) groups is 2. The molecule has 4 N–H and O–H groups in total. The molecule has 0 saturated carbocycles. The van der Waals surface area contributed by atoms with E-state index in [4.69, 9.17) is 5.11 Å². The first-order chi connectivity index (χ1) is 20.8. The Morgan fingerprint density at radius 3 is 2.23 bits per heavy atom. The van der Waals surface area contributed by atoms with Gasteiger partial charge in [0.25, 0.3) is 0 Å². The third-order valence-electron chi connectivity index (χ3n) is 7.32. The van der Waals surface area contributed by atoms with Gasteiger partial charge in [0.1, 0.15) is 0 Å². The summed E-state index contributed by atoms with van der Waals surface area (Å²) in [5.74, 6) is -0.314. The number of Topliss-reactive ketones (excluding diaryl/α,β-unsaturated/α-hetero) is 1. The van der Waals surface area contributed by atoms with E-state index in [2.05, 4.69) is 34.1 Å². The second kappa shape index (κ2) is 17.5. The van der Waals surface area contributed by atoms with E-state index < -0.39 is 16.1 Å². The largest absolute Gasteiger partial charge is 0.395 e. The molecule has 3 aromatic carbocycles. The summed E-state index contributed by atoms with van der Waals surface area (Å²) in [5, 5.41) is 14.2. The molecule has 0 aliphatic carbocycles. The zero-order valence-corrected chi connectivity index (χ0v) is 25.9. The summed E-state index contributed by atoms with van der Waals surface area (Å²) in [7, 11) is -3.68. The lowest BCUT2D eigenvalue weighted by Gasteiger charge is -2.20. The van der Waals surface area contributed by atoms with Gasteiger partial charge in [-0.15, -0.1) is 0 Å². The molecule has 0 saturated heterocycles.